The summed E-state index contributed by atoms with van der Waals surface area (Å²) in [4.78, 5) is 2.24. The van der Waals surface area contributed by atoms with Crippen LogP contribution in [0.1, 0.15) is 13.3 Å². The minimum atomic E-state index is 0. The van der Waals surface area contributed by atoms with Gasteiger partial charge in [0.15, 0.2) is 0 Å². The van der Waals surface area contributed by atoms with E-state index in [0.29, 0.717) is 0 Å². The highest BCUT2D eigenvalue weighted by Gasteiger charge is 1.88. The van der Waals surface area contributed by atoms with E-state index in [0.717, 1.165) is 6.54 Å². The third-order valence-electron chi connectivity index (χ3n) is 1.05. The maximum Gasteiger partial charge on any atom is 0.0157 e. The van der Waals surface area contributed by atoms with E-state index >= 15 is 0 Å². The molecule has 0 unspecified atom stereocenters. The Morgan fingerprint density at radius 3 is 2.44 bits per heavy atom. The molecule has 0 radical (unpaired) electrons. The first-order chi connectivity index (χ1) is 3.81. The van der Waals surface area contributed by atoms with Crippen molar-refractivity contribution in [2.75, 3.05) is 20.1 Å². The summed E-state index contributed by atoms with van der Waals surface area (Å²) >= 11 is 0. The maximum absolute atomic E-state index is 3.64. The van der Waals surface area contributed by atoms with Gasteiger partial charge in [0.1, 0.15) is 0 Å². The Bertz CT molecular complexity index is 63.9. The molecule has 0 heterocycles. The average molecular weight is 241 g/mol. The van der Waals surface area contributed by atoms with Crippen molar-refractivity contribution in [1.82, 2.24) is 4.90 Å². The Kier molecular flexibility index (Phi) is 11.4. The number of nitrogens with zero attached hydrogens (tertiary/aromatic N) is 1. The van der Waals surface area contributed by atoms with E-state index in [9.17, 15) is 0 Å². The summed E-state index contributed by atoms with van der Waals surface area (Å²) in [6.45, 7) is 8.00. The van der Waals surface area contributed by atoms with Crippen LogP contribution < -0.4 is 0 Å². The minimum absolute atomic E-state index is 0. The second kappa shape index (κ2) is 8.43. The van der Waals surface area contributed by atoms with Crippen LogP contribution in [-0.2, 0) is 0 Å². The number of likely N-dealkylation sites (N-methyl/N-ethyl adjacent to an activating group) is 1. The monoisotopic (exact) mass is 241 g/mol. The normalized spacial score (nSPS) is 8.78. The molecule has 2 heteroatoms. The zero-order valence-electron chi connectivity index (χ0n) is 6.26. The third-order valence-corrected chi connectivity index (χ3v) is 1.05. The summed E-state index contributed by atoms with van der Waals surface area (Å²) in [7, 11) is 2.10. The molecular formula is C7H16IN. The van der Waals surface area contributed by atoms with Crippen molar-refractivity contribution in [1.29, 1.82) is 0 Å². The van der Waals surface area contributed by atoms with Gasteiger partial charge in [-0.15, -0.1) is 30.6 Å². The van der Waals surface area contributed by atoms with Gasteiger partial charge in [-0.05, 0) is 20.0 Å². The van der Waals surface area contributed by atoms with Gasteiger partial charge in [0, 0.05) is 6.54 Å². The van der Waals surface area contributed by atoms with E-state index in [1.807, 2.05) is 6.08 Å². The van der Waals surface area contributed by atoms with Gasteiger partial charge in [-0.25, -0.2) is 0 Å². The highest BCUT2D eigenvalue weighted by molar-refractivity contribution is 14.0. The molecule has 0 saturated carbocycles. The van der Waals surface area contributed by atoms with Crippen molar-refractivity contribution in [2.24, 2.45) is 0 Å². The molecule has 0 aliphatic carbocycles. The number of rotatable bonds is 4. The summed E-state index contributed by atoms with van der Waals surface area (Å²) in [5.74, 6) is 0. The predicted octanol–water partition coefficient (Wildman–Crippen LogP) is 2.13. The van der Waals surface area contributed by atoms with Crippen LogP contribution in [0, 0.1) is 0 Å². The molecule has 0 aromatic heterocycles. The van der Waals surface area contributed by atoms with Gasteiger partial charge in [0.05, 0.1) is 0 Å². The lowest BCUT2D eigenvalue weighted by molar-refractivity contribution is 0.371. The van der Waals surface area contributed by atoms with E-state index in [1.165, 1.54) is 13.0 Å². The smallest absolute Gasteiger partial charge is 0.0157 e. The Morgan fingerprint density at radius 2 is 2.11 bits per heavy atom. The van der Waals surface area contributed by atoms with Crippen LogP contribution in [0.2, 0.25) is 0 Å². The molecule has 0 saturated heterocycles. The highest BCUT2D eigenvalue weighted by Crippen LogP contribution is 1.83. The highest BCUT2D eigenvalue weighted by atomic mass is 127. The molecule has 0 aromatic rings. The van der Waals surface area contributed by atoms with Crippen molar-refractivity contribution >= 4 is 24.0 Å². The fourth-order valence-corrected chi connectivity index (χ4v) is 0.693. The first-order valence-electron chi connectivity index (χ1n) is 3.10. The second-order valence-electron chi connectivity index (χ2n) is 2.05. The van der Waals surface area contributed by atoms with Gasteiger partial charge < -0.3 is 4.90 Å². The molecule has 0 aliphatic rings. The van der Waals surface area contributed by atoms with Crippen LogP contribution in [0.15, 0.2) is 12.7 Å². The SMILES string of the molecule is C=CCN(C)CCC.I. The van der Waals surface area contributed by atoms with E-state index in [2.05, 4.69) is 25.5 Å². The van der Waals surface area contributed by atoms with Crippen molar-refractivity contribution in [2.45, 2.75) is 13.3 Å². The van der Waals surface area contributed by atoms with Gasteiger partial charge >= 0.3 is 0 Å². The summed E-state index contributed by atoms with van der Waals surface area (Å²) in [5.41, 5.74) is 0. The Balaban J connectivity index is 0. The quantitative estimate of drug-likeness (QED) is 0.538. The first-order valence-corrected chi connectivity index (χ1v) is 3.10. The van der Waals surface area contributed by atoms with E-state index in [1.54, 1.807) is 0 Å². The number of hydrogen-bond donors (Lipinski definition) is 0. The third kappa shape index (κ3) is 8.43. The first kappa shape index (κ1) is 12.1. The summed E-state index contributed by atoms with van der Waals surface area (Å²) in [6.07, 6.45) is 3.15. The molecule has 0 N–H and O–H groups in total. The molecule has 0 aliphatic heterocycles. The Morgan fingerprint density at radius 1 is 1.56 bits per heavy atom. The lowest BCUT2D eigenvalue weighted by Gasteiger charge is -2.10. The van der Waals surface area contributed by atoms with Crippen LogP contribution >= 0.6 is 24.0 Å². The van der Waals surface area contributed by atoms with Crippen LogP contribution in [0.4, 0.5) is 0 Å². The van der Waals surface area contributed by atoms with Crippen LogP contribution in [0.3, 0.4) is 0 Å². The van der Waals surface area contributed by atoms with Crippen molar-refractivity contribution in [3.63, 3.8) is 0 Å². The molecule has 1 nitrogen and oxygen atoms in total. The standard InChI is InChI=1S/C7H15N.HI/c1-4-6-8(3)7-5-2;/h4H,1,5-7H2,2-3H3;1H. The Labute approximate surface area is 75.1 Å². The van der Waals surface area contributed by atoms with Crippen LogP contribution in [-0.4, -0.2) is 25.0 Å². The minimum Gasteiger partial charge on any atom is -0.303 e. The van der Waals surface area contributed by atoms with E-state index in [-0.39, 0.29) is 24.0 Å². The molecule has 0 amide bonds. The van der Waals surface area contributed by atoms with Crippen molar-refractivity contribution in [3.05, 3.63) is 12.7 Å². The van der Waals surface area contributed by atoms with Crippen molar-refractivity contribution in [3.8, 4) is 0 Å². The molecule has 0 aromatic carbocycles. The molecule has 0 bridgehead atoms. The molecule has 0 rings (SSSR count). The van der Waals surface area contributed by atoms with Gasteiger partial charge in [0.2, 0.25) is 0 Å². The molecular weight excluding hydrogens is 225 g/mol. The van der Waals surface area contributed by atoms with Gasteiger partial charge in [-0.2, -0.15) is 0 Å². The topological polar surface area (TPSA) is 3.24 Å². The number of hydrogen-bond acceptors (Lipinski definition) is 1. The maximum atomic E-state index is 3.64. The fourth-order valence-electron chi connectivity index (χ4n) is 0.693. The predicted molar refractivity (Wildman–Crippen MR) is 53.4 cm³/mol. The summed E-state index contributed by atoms with van der Waals surface area (Å²) in [5, 5.41) is 0. The zero-order valence-corrected chi connectivity index (χ0v) is 8.59. The second-order valence-corrected chi connectivity index (χ2v) is 2.05. The van der Waals surface area contributed by atoms with Crippen LogP contribution in [0.5, 0.6) is 0 Å². The van der Waals surface area contributed by atoms with E-state index < -0.39 is 0 Å². The van der Waals surface area contributed by atoms with Crippen molar-refractivity contribution < 1.29 is 0 Å². The average Bonchev–Trinajstić information content (AvgIpc) is 1.68. The van der Waals surface area contributed by atoms with Crippen LogP contribution in [0.25, 0.3) is 0 Å². The largest absolute Gasteiger partial charge is 0.303 e. The fraction of sp³-hybridized carbons (Fsp3) is 0.714. The number of halogens is 1. The molecule has 9 heavy (non-hydrogen) atoms. The van der Waals surface area contributed by atoms with E-state index in [4.69, 9.17) is 0 Å². The van der Waals surface area contributed by atoms with Gasteiger partial charge in [-0.3, -0.25) is 0 Å². The molecule has 0 atom stereocenters. The summed E-state index contributed by atoms with van der Waals surface area (Å²) in [6, 6.07) is 0. The van der Waals surface area contributed by atoms with Gasteiger partial charge in [0.25, 0.3) is 0 Å². The summed E-state index contributed by atoms with van der Waals surface area (Å²) < 4.78 is 0. The molecule has 56 valence electrons. The Hall–Kier alpha value is 0.430. The van der Waals surface area contributed by atoms with Gasteiger partial charge in [-0.1, -0.05) is 13.0 Å². The molecule has 0 fully saturated rings. The molecule has 0 spiro atoms. The lowest BCUT2D eigenvalue weighted by atomic mass is 10.4. The zero-order chi connectivity index (χ0) is 6.41. The lowest BCUT2D eigenvalue weighted by Crippen LogP contribution is -2.18.